The Morgan fingerprint density at radius 1 is 1.11 bits per heavy atom. The molecule has 0 bridgehead atoms. The van der Waals surface area contributed by atoms with Crippen molar-refractivity contribution in [2.24, 2.45) is 5.92 Å². The molecule has 2 rings (SSSR count). The van der Waals surface area contributed by atoms with Gasteiger partial charge >= 0.3 is 5.97 Å². The Balaban J connectivity index is 2.54. The predicted molar refractivity (Wildman–Crippen MR) is 108 cm³/mol. The van der Waals surface area contributed by atoms with Crippen LogP contribution in [0.1, 0.15) is 42.3 Å². The minimum Gasteiger partial charge on any atom is -0.462 e. The summed E-state index contributed by atoms with van der Waals surface area (Å²) in [5.41, 5.74) is 2.84. The second-order valence-corrected chi connectivity index (χ2v) is 8.83. The molecule has 5 nitrogen and oxygen atoms in total. The number of hydrogen-bond donors (Lipinski definition) is 0. The summed E-state index contributed by atoms with van der Waals surface area (Å²) in [6, 6.07) is 11.7. The number of sulfonamides is 1. The average Bonchev–Trinajstić information content (AvgIpc) is 2.60. The molecule has 0 fully saturated rings. The van der Waals surface area contributed by atoms with Gasteiger partial charge in [0.2, 0.25) is 0 Å². The zero-order valence-electron chi connectivity index (χ0n) is 16.5. The quantitative estimate of drug-likeness (QED) is 0.661. The largest absolute Gasteiger partial charge is 0.462 e. The van der Waals surface area contributed by atoms with Crippen LogP contribution in [0.4, 0.5) is 5.69 Å². The van der Waals surface area contributed by atoms with Gasteiger partial charge in [-0.15, -0.1) is 0 Å². The van der Waals surface area contributed by atoms with E-state index in [1.807, 2.05) is 45.9 Å². The van der Waals surface area contributed by atoms with E-state index >= 15 is 0 Å². The van der Waals surface area contributed by atoms with Gasteiger partial charge in [-0.25, -0.2) is 13.2 Å². The summed E-state index contributed by atoms with van der Waals surface area (Å²) < 4.78 is 33.2. The number of anilines is 1. The zero-order chi connectivity index (χ0) is 20.2. The van der Waals surface area contributed by atoms with Crippen molar-refractivity contribution in [3.63, 3.8) is 0 Å². The van der Waals surface area contributed by atoms with E-state index in [1.165, 1.54) is 16.4 Å². The molecule has 0 spiro atoms. The van der Waals surface area contributed by atoms with Gasteiger partial charge in [-0.3, -0.25) is 4.31 Å². The topological polar surface area (TPSA) is 63.7 Å². The van der Waals surface area contributed by atoms with Crippen LogP contribution in [0.5, 0.6) is 0 Å². The Kier molecular flexibility index (Phi) is 6.65. The molecule has 0 aliphatic heterocycles. The van der Waals surface area contributed by atoms with Gasteiger partial charge in [-0.2, -0.15) is 0 Å². The number of esters is 1. The van der Waals surface area contributed by atoms with Crippen molar-refractivity contribution in [2.75, 3.05) is 17.5 Å². The van der Waals surface area contributed by atoms with Crippen LogP contribution < -0.4 is 4.31 Å². The summed E-state index contributed by atoms with van der Waals surface area (Å²) in [5, 5.41) is 0. The van der Waals surface area contributed by atoms with Crippen molar-refractivity contribution >= 4 is 21.7 Å². The maximum Gasteiger partial charge on any atom is 0.338 e. The van der Waals surface area contributed by atoms with Crippen LogP contribution in [0.25, 0.3) is 0 Å². The molecule has 6 heteroatoms. The molecule has 0 aromatic heterocycles. The summed E-state index contributed by atoms with van der Waals surface area (Å²) in [5.74, 6) is -0.398. The van der Waals surface area contributed by atoms with Crippen LogP contribution in [-0.4, -0.2) is 27.5 Å². The highest BCUT2D eigenvalue weighted by molar-refractivity contribution is 7.92. The number of rotatable bonds is 7. The lowest BCUT2D eigenvalue weighted by Crippen LogP contribution is -2.35. The van der Waals surface area contributed by atoms with Gasteiger partial charge in [-0.1, -0.05) is 37.6 Å². The molecular weight excluding hydrogens is 362 g/mol. The molecule has 0 saturated carbocycles. The number of aryl methyl sites for hydroxylation is 2. The molecule has 0 heterocycles. The Morgan fingerprint density at radius 3 is 2.41 bits per heavy atom. The highest BCUT2D eigenvalue weighted by atomic mass is 32.2. The van der Waals surface area contributed by atoms with E-state index in [0.717, 1.165) is 11.1 Å². The fourth-order valence-electron chi connectivity index (χ4n) is 2.87. The monoisotopic (exact) mass is 389 g/mol. The molecule has 146 valence electrons. The third kappa shape index (κ3) is 4.89. The van der Waals surface area contributed by atoms with Gasteiger partial charge in [0, 0.05) is 6.54 Å². The lowest BCUT2D eigenvalue weighted by molar-refractivity contribution is 0.0526. The van der Waals surface area contributed by atoms with Crippen LogP contribution in [-0.2, 0) is 14.8 Å². The van der Waals surface area contributed by atoms with E-state index in [2.05, 4.69) is 0 Å². The second kappa shape index (κ2) is 8.57. The van der Waals surface area contributed by atoms with E-state index in [-0.39, 0.29) is 23.0 Å². The summed E-state index contributed by atoms with van der Waals surface area (Å²) in [4.78, 5) is 12.1. The third-order valence-corrected chi connectivity index (χ3v) is 5.86. The first-order valence-electron chi connectivity index (χ1n) is 9.04. The van der Waals surface area contributed by atoms with Gasteiger partial charge in [0.05, 0.1) is 22.8 Å². The van der Waals surface area contributed by atoms with Gasteiger partial charge in [-0.05, 0) is 56.5 Å². The molecule has 2 aromatic rings. The molecule has 27 heavy (non-hydrogen) atoms. The molecule has 0 aliphatic rings. The van der Waals surface area contributed by atoms with E-state index in [4.69, 9.17) is 4.74 Å². The van der Waals surface area contributed by atoms with Crippen molar-refractivity contribution in [1.82, 2.24) is 0 Å². The molecule has 0 radical (unpaired) electrons. The molecule has 0 N–H and O–H groups in total. The molecule has 0 amide bonds. The number of carbonyl (C=O) groups excluding carboxylic acids is 1. The van der Waals surface area contributed by atoms with Gasteiger partial charge < -0.3 is 4.74 Å². The highest BCUT2D eigenvalue weighted by Gasteiger charge is 2.27. The van der Waals surface area contributed by atoms with Crippen LogP contribution in [0.15, 0.2) is 47.4 Å². The highest BCUT2D eigenvalue weighted by Crippen LogP contribution is 2.29. The third-order valence-electron chi connectivity index (χ3n) is 4.09. The van der Waals surface area contributed by atoms with Gasteiger partial charge in [0.1, 0.15) is 0 Å². The Hall–Kier alpha value is -2.34. The molecule has 0 aliphatic carbocycles. The zero-order valence-corrected chi connectivity index (χ0v) is 17.3. The Bertz CT molecular complexity index is 920. The van der Waals surface area contributed by atoms with E-state index in [1.54, 1.807) is 19.1 Å². The van der Waals surface area contributed by atoms with Gasteiger partial charge in [0.15, 0.2) is 0 Å². The van der Waals surface area contributed by atoms with E-state index in [9.17, 15) is 13.2 Å². The summed E-state index contributed by atoms with van der Waals surface area (Å²) >= 11 is 0. The molecule has 0 saturated heterocycles. The smallest absolute Gasteiger partial charge is 0.338 e. The Labute approximate surface area is 162 Å². The maximum absolute atomic E-state index is 13.4. The maximum atomic E-state index is 13.4. The normalized spacial score (nSPS) is 11.5. The molecule has 0 unspecified atom stereocenters. The first kappa shape index (κ1) is 21.0. The second-order valence-electron chi connectivity index (χ2n) is 6.97. The minimum atomic E-state index is -3.83. The number of hydrogen-bond acceptors (Lipinski definition) is 4. The number of ether oxygens (including phenoxy) is 1. The van der Waals surface area contributed by atoms with Crippen LogP contribution in [0.2, 0.25) is 0 Å². The summed E-state index contributed by atoms with van der Waals surface area (Å²) in [6.07, 6.45) is 0. The number of benzene rings is 2. The lowest BCUT2D eigenvalue weighted by atomic mass is 10.1. The van der Waals surface area contributed by atoms with Crippen molar-refractivity contribution in [2.45, 2.75) is 39.5 Å². The van der Waals surface area contributed by atoms with Crippen LogP contribution in [0.3, 0.4) is 0 Å². The van der Waals surface area contributed by atoms with E-state index < -0.39 is 16.0 Å². The van der Waals surface area contributed by atoms with Crippen molar-refractivity contribution < 1.29 is 17.9 Å². The first-order chi connectivity index (χ1) is 12.7. The predicted octanol–water partition coefficient (Wildman–Crippen LogP) is 4.33. The van der Waals surface area contributed by atoms with E-state index in [0.29, 0.717) is 12.2 Å². The number of carbonyl (C=O) groups is 1. The van der Waals surface area contributed by atoms with Crippen molar-refractivity contribution in [3.8, 4) is 0 Å². The van der Waals surface area contributed by atoms with Crippen LogP contribution in [0, 0.1) is 19.8 Å². The average molecular weight is 390 g/mol. The standard InChI is InChI=1S/C21H27NO4S/c1-6-26-21(23)18-8-7-9-19(13-18)27(24,25)22(14-15(2)3)20-11-10-16(4)12-17(20)5/h7-13,15H,6,14H2,1-5H3. The van der Waals surface area contributed by atoms with Crippen molar-refractivity contribution in [3.05, 3.63) is 59.2 Å². The molecule has 2 aromatic carbocycles. The first-order valence-corrected chi connectivity index (χ1v) is 10.5. The minimum absolute atomic E-state index is 0.0775. The fraction of sp³-hybridized carbons (Fsp3) is 0.381. The number of nitrogens with zero attached hydrogens (tertiary/aromatic N) is 1. The van der Waals surface area contributed by atoms with Crippen molar-refractivity contribution in [1.29, 1.82) is 0 Å². The van der Waals surface area contributed by atoms with Crippen LogP contribution >= 0.6 is 0 Å². The van der Waals surface area contributed by atoms with Gasteiger partial charge in [0.25, 0.3) is 10.0 Å². The summed E-state index contributed by atoms with van der Waals surface area (Å²) in [7, 11) is -3.83. The lowest BCUT2D eigenvalue weighted by Gasteiger charge is -2.28. The molecule has 0 atom stereocenters. The Morgan fingerprint density at radius 2 is 1.81 bits per heavy atom. The SMILES string of the molecule is CCOC(=O)c1cccc(S(=O)(=O)N(CC(C)C)c2ccc(C)cc2C)c1. The fourth-order valence-corrected chi connectivity index (χ4v) is 4.61. The summed E-state index contributed by atoms with van der Waals surface area (Å²) in [6.45, 7) is 10.1. The molecular formula is C21H27NO4S.